The van der Waals surface area contributed by atoms with Gasteiger partial charge < -0.3 is 0 Å². The number of aromatic nitrogens is 1. The third-order valence-electron chi connectivity index (χ3n) is 3.93. The van der Waals surface area contributed by atoms with Gasteiger partial charge in [-0.25, -0.2) is 0 Å². The Balaban J connectivity index is 2.02. The van der Waals surface area contributed by atoms with E-state index in [4.69, 9.17) is 0 Å². The first-order chi connectivity index (χ1) is 9.50. The van der Waals surface area contributed by atoms with E-state index >= 15 is 0 Å². The molecule has 1 N–H and O–H groups in total. The van der Waals surface area contributed by atoms with Crippen LogP contribution in [-0.2, 0) is 10.2 Å². The largest absolute Gasteiger partial charge is 0.280 e. The van der Waals surface area contributed by atoms with Crippen molar-refractivity contribution in [1.82, 2.24) is 14.0 Å². The van der Waals surface area contributed by atoms with Gasteiger partial charge in [-0.3, -0.25) is 4.98 Å². The van der Waals surface area contributed by atoms with Gasteiger partial charge in [-0.1, -0.05) is 25.3 Å². The van der Waals surface area contributed by atoms with Gasteiger partial charge in [-0.15, -0.1) is 0 Å². The first kappa shape index (κ1) is 15.4. The SMILES string of the molecule is CC(NS(=O)(=O)N(C)C1CCCCC1)c1ccccn1. The quantitative estimate of drug-likeness (QED) is 0.906. The Morgan fingerprint density at radius 2 is 2.00 bits per heavy atom. The van der Waals surface area contributed by atoms with Crippen LogP contribution in [0.1, 0.15) is 50.8 Å². The van der Waals surface area contributed by atoms with Gasteiger partial charge in [0.05, 0.1) is 11.7 Å². The summed E-state index contributed by atoms with van der Waals surface area (Å²) in [4.78, 5) is 4.19. The first-order valence-electron chi connectivity index (χ1n) is 7.17. The summed E-state index contributed by atoms with van der Waals surface area (Å²) >= 11 is 0. The third kappa shape index (κ3) is 3.77. The second kappa shape index (κ2) is 6.65. The van der Waals surface area contributed by atoms with Crippen LogP contribution in [0.25, 0.3) is 0 Å². The van der Waals surface area contributed by atoms with E-state index in [1.165, 1.54) is 10.7 Å². The molecule has 5 nitrogen and oxygen atoms in total. The zero-order valence-electron chi connectivity index (χ0n) is 12.1. The van der Waals surface area contributed by atoms with Crippen LogP contribution in [0.5, 0.6) is 0 Å². The molecular formula is C14H23N3O2S. The lowest BCUT2D eigenvalue weighted by molar-refractivity contribution is 0.281. The van der Waals surface area contributed by atoms with E-state index < -0.39 is 10.2 Å². The average Bonchev–Trinajstić information content (AvgIpc) is 2.48. The molecule has 1 unspecified atom stereocenters. The minimum Gasteiger partial charge on any atom is -0.260 e. The number of pyridine rings is 1. The number of nitrogens with zero attached hydrogens (tertiary/aromatic N) is 2. The first-order valence-corrected chi connectivity index (χ1v) is 8.61. The van der Waals surface area contributed by atoms with Crippen LogP contribution in [0.15, 0.2) is 24.4 Å². The highest BCUT2D eigenvalue weighted by molar-refractivity contribution is 7.87. The zero-order valence-corrected chi connectivity index (χ0v) is 12.9. The highest BCUT2D eigenvalue weighted by Gasteiger charge is 2.28. The number of nitrogens with one attached hydrogen (secondary N) is 1. The highest BCUT2D eigenvalue weighted by Crippen LogP contribution is 2.23. The van der Waals surface area contributed by atoms with Gasteiger partial charge in [0.25, 0.3) is 10.2 Å². The van der Waals surface area contributed by atoms with Crippen LogP contribution in [0, 0.1) is 0 Å². The molecule has 1 aromatic rings. The fourth-order valence-electron chi connectivity index (χ4n) is 2.64. The summed E-state index contributed by atoms with van der Waals surface area (Å²) in [6, 6.07) is 5.30. The van der Waals surface area contributed by atoms with Crippen LogP contribution in [0.4, 0.5) is 0 Å². The Morgan fingerprint density at radius 1 is 1.30 bits per heavy atom. The van der Waals surface area contributed by atoms with Crippen molar-refractivity contribution >= 4 is 10.2 Å². The van der Waals surface area contributed by atoms with Crippen molar-refractivity contribution in [2.45, 2.75) is 51.1 Å². The molecule has 2 rings (SSSR count). The number of hydrogen-bond acceptors (Lipinski definition) is 3. The summed E-state index contributed by atoms with van der Waals surface area (Å²) in [7, 11) is -1.79. The van der Waals surface area contributed by atoms with Crippen LogP contribution >= 0.6 is 0 Å². The van der Waals surface area contributed by atoms with Crippen LogP contribution in [0.2, 0.25) is 0 Å². The molecule has 1 heterocycles. The lowest BCUT2D eigenvalue weighted by Crippen LogP contribution is -2.45. The molecule has 6 heteroatoms. The topological polar surface area (TPSA) is 62.3 Å². The maximum Gasteiger partial charge on any atom is 0.280 e. The molecule has 1 aliphatic rings. The van der Waals surface area contributed by atoms with Crippen molar-refractivity contribution in [2.24, 2.45) is 0 Å². The molecular weight excluding hydrogens is 274 g/mol. The Kier molecular flexibility index (Phi) is 5.12. The summed E-state index contributed by atoms with van der Waals surface area (Å²) in [5, 5.41) is 0. The molecule has 1 saturated carbocycles. The summed E-state index contributed by atoms with van der Waals surface area (Å²) in [5.74, 6) is 0. The van der Waals surface area contributed by atoms with Crippen molar-refractivity contribution in [3.05, 3.63) is 30.1 Å². The minimum absolute atomic E-state index is 0.122. The zero-order chi connectivity index (χ0) is 14.6. The second-order valence-corrected chi connectivity index (χ2v) is 7.17. The van der Waals surface area contributed by atoms with Gasteiger partial charge in [0, 0.05) is 19.3 Å². The van der Waals surface area contributed by atoms with Crippen LogP contribution in [-0.4, -0.2) is 30.8 Å². The van der Waals surface area contributed by atoms with Gasteiger partial charge >= 0.3 is 0 Å². The smallest absolute Gasteiger partial charge is 0.260 e. The van der Waals surface area contributed by atoms with E-state index in [1.54, 1.807) is 13.2 Å². The summed E-state index contributed by atoms with van der Waals surface area (Å²) in [6.45, 7) is 1.81. The summed E-state index contributed by atoms with van der Waals surface area (Å²) in [5.41, 5.74) is 0.730. The molecule has 0 aliphatic heterocycles. The lowest BCUT2D eigenvalue weighted by Gasteiger charge is -2.31. The van der Waals surface area contributed by atoms with Crippen LogP contribution < -0.4 is 4.72 Å². The number of rotatable bonds is 5. The molecule has 112 valence electrons. The van der Waals surface area contributed by atoms with E-state index in [2.05, 4.69) is 9.71 Å². The van der Waals surface area contributed by atoms with Crippen molar-refractivity contribution in [2.75, 3.05) is 7.05 Å². The fourth-order valence-corrected chi connectivity index (χ4v) is 3.98. The van der Waals surface area contributed by atoms with E-state index in [0.717, 1.165) is 31.4 Å². The van der Waals surface area contributed by atoms with Crippen LogP contribution in [0.3, 0.4) is 0 Å². The van der Waals surface area contributed by atoms with E-state index in [9.17, 15) is 8.42 Å². The van der Waals surface area contributed by atoms with Crippen molar-refractivity contribution in [1.29, 1.82) is 0 Å². The van der Waals surface area contributed by atoms with Crippen molar-refractivity contribution < 1.29 is 8.42 Å². The second-order valence-electron chi connectivity index (χ2n) is 5.41. The fraction of sp³-hybridized carbons (Fsp3) is 0.643. The van der Waals surface area contributed by atoms with E-state index in [0.29, 0.717) is 0 Å². The molecule has 20 heavy (non-hydrogen) atoms. The monoisotopic (exact) mass is 297 g/mol. The normalized spacial score (nSPS) is 19.1. The predicted molar refractivity (Wildman–Crippen MR) is 79.3 cm³/mol. The molecule has 1 fully saturated rings. The molecule has 0 spiro atoms. The van der Waals surface area contributed by atoms with Gasteiger partial charge in [0.2, 0.25) is 0 Å². The molecule has 1 atom stereocenters. The van der Waals surface area contributed by atoms with Crippen molar-refractivity contribution in [3.8, 4) is 0 Å². The predicted octanol–water partition coefficient (Wildman–Crippen LogP) is 2.24. The Bertz CT molecular complexity index is 512. The van der Waals surface area contributed by atoms with Gasteiger partial charge in [0.15, 0.2) is 0 Å². The summed E-state index contributed by atoms with van der Waals surface area (Å²) < 4.78 is 29.0. The maximum absolute atomic E-state index is 12.4. The van der Waals surface area contributed by atoms with Gasteiger partial charge in [0.1, 0.15) is 0 Å². The third-order valence-corrected chi connectivity index (χ3v) is 5.63. The average molecular weight is 297 g/mol. The molecule has 0 radical (unpaired) electrons. The summed E-state index contributed by atoms with van der Waals surface area (Å²) in [6.07, 6.45) is 7.01. The standard InChI is InChI=1S/C14H23N3O2S/c1-12(14-10-6-7-11-15-14)16-20(18,19)17(2)13-8-4-3-5-9-13/h6-7,10-13,16H,3-5,8-9H2,1-2H3. The highest BCUT2D eigenvalue weighted by atomic mass is 32.2. The minimum atomic E-state index is -3.46. The van der Waals surface area contributed by atoms with Gasteiger partial charge in [-0.2, -0.15) is 17.4 Å². The molecule has 0 amide bonds. The Hall–Kier alpha value is -0.980. The van der Waals surface area contributed by atoms with Gasteiger partial charge in [-0.05, 0) is 31.9 Å². The molecule has 1 aromatic heterocycles. The number of hydrogen-bond donors (Lipinski definition) is 1. The molecule has 0 aromatic carbocycles. The van der Waals surface area contributed by atoms with Crippen molar-refractivity contribution in [3.63, 3.8) is 0 Å². The Morgan fingerprint density at radius 3 is 2.60 bits per heavy atom. The molecule has 0 bridgehead atoms. The lowest BCUT2D eigenvalue weighted by atomic mass is 9.96. The maximum atomic E-state index is 12.4. The Labute approximate surface area is 121 Å². The van der Waals surface area contributed by atoms with E-state index in [-0.39, 0.29) is 12.1 Å². The molecule has 1 aliphatic carbocycles. The van der Waals surface area contributed by atoms with E-state index in [1.807, 2.05) is 25.1 Å². The molecule has 0 saturated heterocycles.